The minimum absolute atomic E-state index is 0.0385. The van der Waals surface area contributed by atoms with Crippen molar-refractivity contribution in [3.05, 3.63) is 16.1 Å². The Labute approximate surface area is 63.5 Å². The zero-order valence-corrected chi connectivity index (χ0v) is 6.56. The molecule has 0 radical (unpaired) electrons. The van der Waals surface area contributed by atoms with Gasteiger partial charge < -0.3 is 10.8 Å². The molecule has 1 heterocycles. The summed E-state index contributed by atoms with van der Waals surface area (Å²) in [6.07, 6.45) is 0. The van der Waals surface area contributed by atoms with Gasteiger partial charge in [-0.1, -0.05) is 0 Å². The Hall–Kier alpha value is -0.450. The van der Waals surface area contributed by atoms with Crippen molar-refractivity contribution < 1.29 is 5.11 Å². The van der Waals surface area contributed by atoms with Crippen molar-refractivity contribution in [3.63, 3.8) is 0 Å². The van der Waals surface area contributed by atoms with Crippen LogP contribution in [0.4, 0.5) is 0 Å². The molecule has 0 bridgehead atoms. The molecule has 0 amide bonds. The van der Waals surface area contributed by atoms with Crippen LogP contribution < -0.4 is 5.73 Å². The third-order valence-corrected chi connectivity index (χ3v) is 2.01. The number of aryl methyl sites for hydroxylation is 1. The van der Waals surface area contributed by atoms with Gasteiger partial charge in [0.15, 0.2) is 0 Å². The summed E-state index contributed by atoms with van der Waals surface area (Å²) in [5, 5.41) is 11.5. The standard InChI is InChI=1S/C6H10N2OS/c1-4-8-6(3-10-4)5(7)2-9/h3,5,9H,2,7H2,1H3/t5-/m1/s1. The second kappa shape index (κ2) is 3.09. The van der Waals surface area contributed by atoms with E-state index in [1.807, 2.05) is 12.3 Å². The fourth-order valence-electron chi connectivity index (χ4n) is 0.644. The number of nitrogens with zero attached hydrogens (tertiary/aromatic N) is 1. The fraction of sp³-hybridized carbons (Fsp3) is 0.500. The molecule has 0 aliphatic rings. The van der Waals surface area contributed by atoms with E-state index in [2.05, 4.69) is 4.98 Å². The van der Waals surface area contributed by atoms with Crippen molar-refractivity contribution in [1.29, 1.82) is 0 Å². The molecule has 4 heteroatoms. The van der Waals surface area contributed by atoms with Gasteiger partial charge in [0.2, 0.25) is 0 Å². The van der Waals surface area contributed by atoms with Crippen molar-refractivity contribution in [3.8, 4) is 0 Å². The first-order valence-electron chi connectivity index (χ1n) is 3.02. The Kier molecular flexibility index (Phi) is 2.37. The molecule has 56 valence electrons. The quantitative estimate of drug-likeness (QED) is 0.656. The third-order valence-electron chi connectivity index (χ3n) is 1.21. The number of rotatable bonds is 2. The van der Waals surface area contributed by atoms with Crippen molar-refractivity contribution >= 4 is 11.3 Å². The molecule has 0 fully saturated rings. The van der Waals surface area contributed by atoms with Crippen LogP contribution in [-0.2, 0) is 0 Å². The summed E-state index contributed by atoms with van der Waals surface area (Å²) >= 11 is 1.55. The first-order chi connectivity index (χ1) is 4.74. The molecule has 0 saturated carbocycles. The maximum atomic E-state index is 8.64. The van der Waals surface area contributed by atoms with Crippen LogP contribution in [0.15, 0.2) is 5.38 Å². The average molecular weight is 158 g/mol. The van der Waals surface area contributed by atoms with Crippen LogP contribution in [-0.4, -0.2) is 16.7 Å². The summed E-state index contributed by atoms with van der Waals surface area (Å²) in [6.45, 7) is 1.88. The van der Waals surface area contributed by atoms with Crippen LogP contribution in [0.2, 0.25) is 0 Å². The van der Waals surface area contributed by atoms with Gasteiger partial charge in [-0.3, -0.25) is 0 Å². The monoisotopic (exact) mass is 158 g/mol. The molecule has 0 unspecified atom stereocenters. The van der Waals surface area contributed by atoms with E-state index in [4.69, 9.17) is 10.8 Å². The predicted octanol–water partition coefficient (Wildman–Crippen LogP) is 0.444. The van der Waals surface area contributed by atoms with Gasteiger partial charge in [0.05, 0.1) is 23.4 Å². The Bertz CT molecular complexity index is 211. The van der Waals surface area contributed by atoms with Gasteiger partial charge in [0.25, 0.3) is 0 Å². The smallest absolute Gasteiger partial charge is 0.0898 e. The van der Waals surface area contributed by atoms with Crippen LogP contribution in [0.1, 0.15) is 16.7 Å². The summed E-state index contributed by atoms with van der Waals surface area (Å²) < 4.78 is 0. The number of aromatic nitrogens is 1. The molecule has 0 saturated heterocycles. The topological polar surface area (TPSA) is 59.1 Å². The van der Waals surface area contributed by atoms with E-state index in [0.29, 0.717) is 0 Å². The molecule has 0 aromatic carbocycles. The zero-order valence-electron chi connectivity index (χ0n) is 5.74. The molecule has 1 aromatic heterocycles. The molecule has 0 aliphatic carbocycles. The Morgan fingerprint density at radius 3 is 3.00 bits per heavy atom. The van der Waals surface area contributed by atoms with Crippen molar-refractivity contribution in [2.45, 2.75) is 13.0 Å². The van der Waals surface area contributed by atoms with Gasteiger partial charge in [-0.15, -0.1) is 11.3 Å². The lowest BCUT2D eigenvalue weighted by Gasteiger charge is -2.01. The second-order valence-electron chi connectivity index (χ2n) is 2.08. The van der Waals surface area contributed by atoms with Crippen molar-refractivity contribution in [2.24, 2.45) is 5.73 Å². The van der Waals surface area contributed by atoms with Crippen LogP contribution in [0, 0.1) is 6.92 Å². The van der Waals surface area contributed by atoms with E-state index >= 15 is 0 Å². The van der Waals surface area contributed by atoms with Gasteiger partial charge in [-0.2, -0.15) is 0 Å². The lowest BCUT2D eigenvalue weighted by atomic mass is 10.3. The highest BCUT2D eigenvalue weighted by Crippen LogP contribution is 2.13. The molecule has 3 nitrogen and oxygen atoms in total. The number of hydrogen-bond acceptors (Lipinski definition) is 4. The molecule has 10 heavy (non-hydrogen) atoms. The number of thiazole rings is 1. The van der Waals surface area contributed by atoms with Gasteiger partial charge in [-0.25, -0.2) is 4.98 Å². The Morgan fingerprint density at radius 2 is 2.60 bits per heavy atom. The van der Waals surface area contributed by atoms with Crippen LogP contribution in [0.3, 0.4) is 0 Å². The second-order valence-corrected chi connectivity index (χ2v) is 3.14. The SMILES string of the molecule is Cc1nc([C@H](N)CO)cs1. The summed E-state index contributed by atoms with van der Waals surface area (Å²) in [6, 6.07) is -0.315. The highest BCUT2D eigenvalue weighted by atomic mass is 32.1. The van der Waals surface area contributed by atoms with E-state index in [1.54, 1.807) is 11.3 Å². The maximum absolute atomic E-state index is 8.64. The van der Waals surface area contributed by atoms with E-state index in [0.717, 1.165) is 10.7 Å². The molecule has 0 aliphatic heterocycles. The molecule has 1 atom stereocenters. The van der Waals surface area contributed by atoms with Gasteiger partial charge in [0.1, 0.15) is 0 Å². The highest BCUT2D eigenvalue weighted by molar-refractivity contribution is 7.09. The highest BCUT2D eigenvalue weighted by Gasteiger charge is 2.06. The van der Waals surface area contributed by atoms with E-state index in [1.165, 1.54) is 0 Å². The molecular formula is C6H10N2OS. The van der Waals surface area contributed by atoms with E-state index < -0.39 is 0 Å². The summed E-state index contributed by atoms with van der Waals surface area (Å²) in [5.41, 5.74) is 6.28. The van der Waals surface area contributed by atoms with Gasteiger partial charge in [-0.05, 0) is 6.92 Å². The van der Waals surface area contributed by atoms with Gasteiger partial charge in [0, 0.05) is 5.38 Å². The van der Waals surface area contributed by atoms with E-state index in [-0.39, 0.29) is 12.6 Å². The molecule has 3 N–H and O–H groups in total. The van der Waals surface area contributed by atoms with Gasteiger partial charge >= 0.3 is 0 Å². The Morgan fingerprint density at radius 1 is 1.90 bits per heavy atom. The number of hydrogen-bond donors (Lipinski definition) is 2. The summed E-state index contributed by atoms with van der Waals surface area (Å²) in [7, 11) is 0. The Balaban J connectivity index is 2.74. The first-order valence-corrected chi connectivity index (χ1v) is 3.90. The molecule has 0 spiro atoms. The largest absolute Gasteiger partial charge is 0.394 e. The third kappa shape index (κ3) is 1.53. The first kappa shape index (κ1) is 7.65. The minimum atomic E-state index is -0.315. The van der Waals surface area contributed by atoms with Crippen molar-refractivity contribution in [1.82, 2.24) is 4.98 Å². The number of aliphatic hydroxyl groups excluding tert-OH is 1. The summed E-state index contributed by atoms with van der Waals surface area (Å²) in [5.74, 6) is 0. The molecule has 1 aromatic rings. The van der Waals surface area contributed by atoms with Crippen LogP contribution in [0.25, 0.3) is 0 Å². The zero-order chi connectivity index (χ0) is 7.56. The summed E-state index contributed by atoms with van der Waals surface area (Å²) in [4.78, 5) is 4.11. The number of nitrogens with two attached hydrogens (primary N) is 1. The van der Waals surface area contributed by atoms with Crippen LogP contribution in [0.5, 0.6) is 0 Å². The normalized spacial score (nSPS) is 13.5. The predicted molar refractivity (Wildman–Crippen MR) is 40.9 cm³/mol. The minimum Gasteiger partial charge on any atom is -0.394 e. The maximum Gasteiger partial charge on any atom is 0.0898 e. The molecular weight excluding hydrogens is 148 g/mol. The molecule has 1 rings (SSSR count). The number of aliphatic hydroxyl groups is 1. The lowest BCUT2D eigenvalue weighted by Crippen LogP contribution is -2.14. The lowest BCUT2D eigenvalue weighted by molar-refractivity contribution is 0.266. The van der Waals surface area contributed by atoms with Crippen molar-refractivity contribution in [2.75, 3.05) is 6.61 Å². The van der Waals surface area contributed by atoms with Crippen LogP contribution >= 0.6 is 11.3 Å². The average Bonchev–Trinajstić information content (AvgIpc) is 2.34. The van der Waals surface area contributed by atoms with E-state index in [9.17, 15) is 0 Å². The fourth-order valence-corrected chi connectivity index (χ4v) is 1.32.